The molecule has 1 atom stereocenters. The number of aryl methyl sites for hydroxylation is 3. The van der Waals surface area contributed by atoms with Crippen LogP contribution in [0.2, 0.25) is 0 Å². The Balaban J connectivity index is 1.52. The van der Waals surface area contributed by atoms with Gasteiger partial charge in [-0.05, 0) is 45.4 Å². The van der Waals surface area contributed by atoms with Gasteiger partial charge in [0.2, 0.25) is 5.88 Å². The summed E-state index contributed by atoms with van der Waals surface area (Å²) in [5.41, 5.74) is 4.15. The lowest BCUT2D eigenvalue weighted by Gasteiger charge is -2.32. The summed E-state index contributed by atoms with van der Waals surface area (Å²) >= 11 is 0. The van der Waals surface area contributed by atoms with E-state index in [0.29, 0.717) is 11.8 Å². The summed E-state index contributed by atoms with van der Waals surface area (Å²) in [6.07, 6.45) is 9.53. The molecule has 3 aromatic rings. The van der Waals surface area contributed by atoms with Crippen LogP contribution in [-0.2, 0) is 13.6 Å². The molecule has 4 heterocycles. The number of ether oxygens (including phenoxy) is 1. The van der Waals surface area contributed by atoms with E-state index in [2.05, 4.69) is 38.1 Å². The molecular formula is C21H26N6O. The predicted molar refractivity (Wildman–Crippen MR) is 106 cm³/mol. The summed E-state index contributed by atoms with van der Waals surface area (Å²) in [5.74, 6) is 1.61. The molecule has 1 saturated heterocycles. The number of rotatable bonds is 5. The highest BCUT2D eigenvalue weighted by molar-refractivity contribution is 5.33. The van der Waals surface area contributed by atoms with Crippen LogP contribution >= 0.6 is 0 Å². The van der Waals surface area contributed by atoms with Gasteiger partial charge in [-0.2, -0.15) is 5.10 Å². The van der Waals surface area contributed by atoms with E-state index in [9.17, 15) is 0 Å². The van der Waals surface area contributed by atoms with Crippen LogP contribution in [0.15, 0.2) is 36.9 Å². The van der Waals surface area contributed by atoms with Crippen molar-refractivity contribution in [1.82, 2.24) is 29.6 Å². The van der Waals surface area contributed by atoms with Gasteiger partial charge >= 0.3 is 0 Å². The minimum Gasteiger partial charge on any atom is -0.435 e. The molecule has 146 valence electrons. The molecule has 0 aromatic carbocycles. The van der Waals surface area contributed by atoms with Crippen molar-refractivity contribution in [2.45, 2.75) is 39.2 Å². The molecular weight excluding hydrogens is 352 g/mol. The zero-order valence-electron chi connectivity index (χ0n) is 16.7. The van der Waals surface area contributed by atoms with Gasteiger partial charge in [0, 0.05) is 56.4 Å². The smallest absolute Gasteiger partial charge is 0.241 e. The van der Waals surface area contributed by atoms with Crippen LogP contribution in [0.3, 0.4) is 0 Å². The molecule has 0 bridgehead atoms. The standard InChI is InChI=1S/C21H26N6O/c1-15-18(12-26(3)25-15)14-27-11-5-6-17(13-27)20-21(24-10-9-23-20)28-19-7-4-8-22-16(19)2/h4,7-10,12,17H,5-6,11,13-14H2,1-3H3/t17-/m1/s1. The van der Waals surface area contributed by atoms with Crippen molar-refractivity contribution in [2.24, 2.45) is 7.05 Å². The topological polar surface area (TPSA) is 69.0 Å². The molecule has 3 aromatic heterocycles. The van der Waals surface area contributed by atoms with Gasteiger partial charge in [-0.25, -0.2) is 4.98 Å². The van der Waals surface area contributed by atoms with Crippen LogP contribution in [0.25, 0.3) is 0 Å². The number of aromatic nitrogens is 5. The van der Waals surface area contributed by atoms with Gasteiger partial charge in [0.05, 0.1) is 11.4 Å². The molecule has 0 saturated carbocycles. The van der Waals surface area contributed by atoms with E-state index >= 15 is 0 Å². The summed E-state index contributed by atoms with van der Waals surface area (Å²) in [5, 5.41) is 4.46. The quantitative estimate of drug-likeness (QED) is 0.678. The molecule has 28 heavy (non-hydrogen) atoms. The Labute approximate surface area is 165 Å². The van der Waals surface area contributed by atoms with Gasteiger partial charge in [-0.15, -0.1) is 0 Å². The van der Waals surface area contributed by atoms with Crippen molar-refractivity contribution < 1.29 is 4.74 Å². The first kappa shape index (κ1) is 18.6. The van der Waals surface area contributed by atoms with E-state index in [1.165, 1.54) is 5.56 Å². The fourth-order valence-electron chi connectivity index (χ4n) is 3.84. The fourth-order valence-corrected chi connectivity index (χ4v) is 3.84. The Bertz CT molecular complexity index is 954. The molecule has 1 fully saturated rings. The predicted octanol–water partition coefficient (Wildman–Crippen LogP) is 3.39. The van der Waals surface area contributed by atoms with Gasteiger partial charge in [-0.3, -0.25) is 19.5 Å². The Morgan fingerprint density at radius 2 is 1.96 bits per heavy atom. The third kappa shape index (κ3) is 4.04. The highest BCUT2D eigenvalue weighted by Gasteiger charge is 2.26. The van der Waals surface area contributed by atoms with Crippen molar-refractivity contribution in [2.75, 3.05) is 13.1 Å². The average molecular weight is 378 g/mol. The van der Waals surface area contributed by atoms with Crippen LogP contribution < -0.4 is 4.74 Å². The fraction of sp³-hybridized carbons (Fsp3) is 0.429. The summed E-state index contributed by atoms with van der Waals surface area (Å²) < 4.78 is 7.99. The Morgan fingerprint density at radius 3 is 2.75 bits per heavy atom. The number of hydrogen-bond donors (Lipinski definition) is 0. The van der Waals surface area contributed by atoms with Crippen LogP contribution in [0.4, 0.5) is 0 Å². The van der Waals surface area contributed by atoms with Gasteiger partial charge < -0.3 is 4.74 Å². The van der Waals surface area contributed by atoms with E-state index < -0.39 is 0 Å². The minimum absolute atomic E-state index is 0.298. The highest BCUT2D eigenvalue weighted by atomic mass is 16.5. The van der Waals surface area contributed by atoms with Crippen molar-refractivity contribution >= 4 is 0 Å². The molecule has 1 aliphatic rings. The van der Waals surface area contributed by atoms with Gasteiger partial charge in [0.25, 0.3) is 0 Å². The van der Waals surface area contributed by atoms with E-state index in [4.69, 9.17) is 4.74 Å². The van der Waals surface area contributed by atoms with E-state index in [1.54, 1.807) is 18.6 Å². The Morgan fingerprint density at radius 1 is 1.11 bits per heavy atom. The molecule has 7 nitrogen and oxygen atoms in total. The second-order valence-electron chi connectivity index (χ2n) is 7.42. The third-order valence-electron chi connectivity index (χ3n) is 5.26. The Kier molecular flexibility index (Phi) is 5.34. The number of hydrogen-bond acceptors (Lipinski definition) is 6. The lowest BCUT2D eigenvalue weighted by atomic mass is 9.94. The lowest BCUT2D eigenvalue weighted by Crippen LogP contribution is -2.34. The summed E-state index contributed by atoms with van der Waals surface area (Å²) in [7, 11) is 1.97. The molecule has 0 unspecified atom stereocenters. The van der Waals surface area contributed by atoms with Crippen LogP contribution in [0.5, 0.6) is 11.6 Å². The zero-order chi connectivity index (χ0) is 19.5. The summed E-state index contributed by atoms with van der Waals surface area (Å²) in [6, 6.07) is 3.79. The highest BCUT2D eigenvalue weighted by Crippen LogP contribution is 2.33. The molecule has 0 amide bonds. The number of pyridine rings is 1. The largest absolute Gasteiger partial charge is 0.435 e. The Hall–Kier alpha value is -2.80. The lowest BCUT2D eigenvalue weighted by molar-refractivity contribution is 0.196. The van der Waals surface area contributed by atoms with Crippen LogP contribution in [-0.4, -0.2) is 42.7 Å². The van der Waals surface area contributed by atoms with Crippen LogP contribution in [0.1, 0.15) is 41.4 Å². The monoisotopic (exact) mass is 378 g/mol. The second kappa shape index (κ2) is 8.06. The number of piperidine rings is 1. The molecule has 0 aliphatic carbocycles. The zero-order valence-corrected chi connectivity index (χ0v) is 16.7. The minimum atomic E-state index is 0.298. The maximum atomic E-state index is 6.10. The number of nitrogens with zero attached hydrogens (tertiary/aromatic N) is 6. The van der Waals surface area contributed by atoms with E-state index in [0.717, 1.165) is 55.3 Å². The summed E-state index contributed by atoms with van der Waals surface area (Å²) in [6.45, 7) is 6.94. The first-order valence-corrected chi connectivity index (χ1v) is 9.72. The molecule has 0 N–H and O–H groups in total. The van der Waals surface area contributed by atoms with E-state index in [-0.39, 0.29) is 0 Å². The van der Waals surface area contributed by atoms with E-state index in [1.807, 2.05) is 30.8 Å². The summed E-state index contributed by atoms with van der Waals surface area (Å²) in [4.78, 5) is 15.9. The van der Waals surface area contributed by atoms with Crippen molar-refractivity contribution in [3.63, 3.8) is 0 Å². The van der Waals surface area contributed by atoms with Crippen LogP contribution in [0, 0.1) is 13.8 Å². The normalized spacial score (nSPS) is 17.6. The maximum absolute atomic E-state index is 6.10. The molecule has 0 spiro atoms. The average Bonchev–Trinajstić information content (AvgIpc) is 3.01. The van der Waals surface area contributed by atoms with Gasteiger partial charge in [0.15, 0.2) is 5.75 Å². The molecule has 1 aliphatic heterocycles. The molecule has 4 rings (SSSR count). The third-order valence-corrected chi connectivity index (χ3v) is 5.26. The first-order chi connectivity index (χ1) is 13.6. The van der Waals surface area contributed by atoms with Crippen molar-refractivity contribution in [3.8, 4) is 11.6 Å². The molecule has 0 radical (unpaired) electrons. The second-order valence-corrected chi connectivity index (χ2v) is 7.42. The first-order valence-electron chi connectivity index (χ1n) is 9.72. The van der Waals surface area contributed by atoms with Crippen molar-refractivity contribution in [1.29, 1.82) is 0 Å². The SMILES string of the molecule is Cc1nn(C)cc1CN1CCC[C@@H](c2nccnc2Oc2cccnc2C)C1. The maximum Gasteiger partial charge on any atom is 0.241 e. The number of likely N-dealkylation sites (tertiary alicyclic amines) is 1. The van der Waals surface area contributed by atoms with Gasteiger partial charge in [0.1, 0.15) is 5.69 Å². The molecule has 7 heteroatoms. The van der Waals surface area contributed by atoms with Gasteiger partial charge in [-0.1, -0.05) is 0 Å². The van der Waals surface area contributed by atoms with Crippen molar-refractivity contribution in [3.05, 3.63) is 59.6 Å².